The van der Waals surface area contributed by atoms with Gasteiger partial charge in [-0.3, -0.25) is 0 Å². The Hall–Kier alpha value is -2.22. The Kier molecular flexibility index (Phi) is 3.25. The lowest BCUT2D eigenvalue weighted by Crippen LogP contribution is -2.10. The van der Waals surface area contributed by atoms with Gasteiger partial charge in [0.15, 0.2) is 0 Å². The summed E-state index contributed by atoms with van der Waals surface area (Å²) >= 11 is 0. The summed E-state index contributed by atoms with van der Waals surface area (Å²) in [6.07, 6.45) is 0. The normalized spacial score (nSPS) is 11.8. The summed E-state index contributed by atoms with van der Waals surface area (Å²) in [5.41, 5.74) is 4.95. The molecule has 0 spiro atoms. The highest BCUT2D eigenvalue weighted by molar-refractivity contribution is 5.90. The summed E-state index contributed by atoms with van der Waals surface area (Å²) in [7, 11) is 1.71. The molecule has 0 aliphatic heterocycles. The van der Waals surface area contributed by atoms with Gasteiger partial charge < -0.3 is 9.72 Å². The van der Waals surface area contributed by atoms with E-state index in [0.29, 0.717) is 0 Å². The van der Waals surface area contributed by atoms with Crippen molar-refractivity contribution in [1.82, 2.24) is 4.98 Å². The molecule has 3 rings (SSSR count). The summed E-state index contributed by atoms with van der Waals surface area (Å²) in [6.45, 7) is 6.70. The van der Waals surface area contributed by atoms with Crippen LogP contribution in [0.2, 0.25) is 0 Å². The number of nitrogens with one attached hydrogen (secondary N) is 1. The Balaban J connectivity index is 2.04. The number of H-pyrrole nitrogens is 1. The first-order chi connectivity index (χ1) is 9.99. The molecule has 0 bridgehead atoms. The number of aromatic amines is 1. The summed E-state index contributed by atoms with van der Waals surface area (Å²) < 4.78 is 5.42. The molecule has 1 aromatic heterocycles. The number of hydrogen-bond acceptors (Lipinski definition) is 1. The fraction of sp³-hybridized carbons (Fsp3) is 0.263. The molecule has 1 N–H and O–H groups in total. The van der Waals surface area contributed by atoms with Crippen molar-refractivity contribution >= 4 is 10.9 Å². The molecule has 0 aliphatic rings. The zero-order chi connectivity index (χ0) is 15.0. The Morgan fingerprint density at radius 3 is 2.29 bits per heavy atom. The molecule has 0 saturated carbocycles. The highest BCUT2D eigenvalue weighted by Crippen LogP contribution is 2.31. The first-order valence-electron chi connectivity index (χ1n) is 7.26. The van der Waals surface area contributed by atoms with Crippen LogP contribution >= 0.6 is 0 Å². The van der Waals surface area contributed by atoms with E-state index in [1.54, 1.807) is 7.11 Å². The first-order valence-corrected chi connectivity index (χ1v) is 7.26. The van der Waals surface area contributed by atoms with Gasteiger partial charge in [0.25, 0.3) is 0 Å². The van der Waals surface area contributed by atoms with Crippen LogP contribution in [0.4, 0.5) is 0 Å². The monoisotopic (exact) mass is 279 g/mol. The first kappa shape index (κ1) is 13.7. The molecule has 2 aromatic carbocycles. The van der Waals surface area contributed by atoms with E-state index in [0.717, 1.165) is 22.3 Å². The number of rotatable bonds is 2. The average molecular weight is 279 g/mol. The van der Waals surface area contributed by atoms with E-state index in [9.17, 15) is 0 Å². The number of benzene rings is 2. The van der Waals surface area contributed by atoms with Crippen molar-refractivity contribution in [3.8, 4) is 17.0 Å². The van der Waals surface area contributed by atoms with Gasteiger partial charge in [-0.1, -0.05) is 51.1 Å². The number of fused-ring (bicyclic) bond motifs is 1. The van der Waals surface area contributed by atoms with E-state index in [1.807, 2.05) is 12.1 Å². The van der Waals surface area contributed by atoms with E-state index in [2.05, 4.69) is 62.2 Å². The molecule has 1 heterocycles. The maximum absolute atomic E-state index is 5.42. The quantitative estimate of drug-likeness (QED) is 0.690. The van der Waals surface area contributed by atoms with Crippen molar-refractivity contribution in [2.24, 2.45) is 0 Å². The van der Waals surface area contributed by atoms with Crippen molar-refractivity contribution in [2.45, 2.75) is 26.2 Å². The van der Waals surface area contributed by atoms with Gasteiger partial charge in [0.1, 0.15) is 5.75 Å². The highest BCUT2D eigenvalue weighted by Gasteiger charge is 2.13. The number of aromatic nitrogens is 1. The van der Waals surface area contributed by atoms with Crippen LogP contribution in [0.5, 0.6) is 5.75 Å². The minimum Gasteiger partial charge on any atom is -0.496 e. The Morgan fingerprint density at radius 1 is 0.952 bits per heavy atom. The third kappa shape index (κ3) is 2.54. The topological polar surface area (TPSA) is 25.0 Å². The van der Waals surface area contributed by atoms with Crippen LogP contribution in [-0.2, 0) is 5.41 Å². The molecule has 0 amide bonds. The number of ether oxygens (including phenoxy) is 1. The van der Waals surface area contributed by atoms with Crippen LogP contribution in [0.25, 0.3) is 22.2 Å². The molecular weight excluding hydrogens is 258 g/mol. The lowest BCUT2D eigenvalue weighted by Gasteiger charge is -2.19. The van der Waals surface area contributed by atoms with Crippen molar-refractivity contribution in [2.75, 3.05) is 7.11 Å². The average Bonchev–Trinajstić information content (AvgIpc) is 2.90. The molecule has 0 saturated heterocycles. The molecule has 2 nitrogen and oxygen atoms in total. The van der Waals surface area contributed by atoms with Gasteiger partial charge >= 0.3 is 0 Å². The third-order valence-electron chi connectivity index (χ3n) is 3.91. The molecule has 0 fully saturated rings. The predicted molar refractivity (Wildman–Crippen MR) is 89.0 cm³/mol. The van der Waals surface area contributed by atoms with E-state index in [-0.39, 0.29) is 5.41 Å². The van der Waals surface area contributed by atoms with Gasteiger partial charge in [-0.2, -0.15) is 0 Å². The number of hydrogen-bond donors (Lipinski definition) is 1. The zero-order valence-electron chi connectivity index (χ0n) is 13.0. The lowest BCUT2D eigenvalue weighted by atomic mass is 9.86. The molecule has 0 radical (unpaired) electrons. The van der Waals surface area contributed by atoms with Crippen molar-refractivity contribution in [1.29, 1.82) is 0 Å². The zero-order valence-corrected chi connectivity index (χ0v) is 13.0. The summed E-state index contributed by atoms with van der Waals surface area (Å²) in [4.78, 5) is 3.46. The predicted octanol–water partition coefficient (Wildman–Crippen LogP) is 5.14. The van der Waals surface area contributed by atoms with Crippen LogP contribution in [0.1, 0.15) is 26.3 Å². The fourth-order valence-corrected chi connectivity index (χ4v) is 2.61. The lowest BCUT2D eigenvalue weighted by molar-refractivity contribution is 0.420. The van der Waals surface area contributed by atoms with E-state index >= 15 is 0 Å². The van der Waals surface area contributed by atoms with Gasteiger partial charge in [-0.25, -0.2) is 0 Å². The SMILES string of the molecule is COc1cccc2[nH]c(-c3ccc(C(C)(C)C)cc3)cc12. The van der Waals surface area contributed by atoms with Crippen molar-refractivity contribution < 1.29 is 4.74 Å². The number of methoxy groups -OCH3 is 1. The Labute approximate surface area is 125 Å². The standard InChI is InChI=1S/C19H21NO/c1-19(2,3)14-10-8-13(9-11-14)17-12-15-16(20-17)6-5-7-18(15)21-4/h5-12,20H,1-4H3. The summed E-state index contributed by atoms with van der Waals surface area (Å²) in [5.74, 6) is 0.904. The van der Waals surface area contributed by atoms with Crippen molar-refractivity contribution in [3.05, 3.63) is 54.1 Å². The molecule has 0 aliphatic carbocycles. The maximum atomic E-state index is 5.42. The molecule has 108 valence electrons. The Bertz CT molecular complexity index is 760. The largest absolute Gasteiger partial charge is 0.496 e. The summed E-state index contributed by atoms with van der Waals surface area (Å²) in [6, 6.07) is 17.0. The van der Waals surface area contributed by atoms with Crippen LogP contribution in [-0.4, -0.2) is 12.1 Å². The van der Waals surface area contributed by atoms with Gasteiger partial charge in [0.05, 0.1) is 7.11 Å². The van der Waals surface area contributed by atoms with E-state index < -0.39 is 0 Å². The van der Waals surface area contributed by atoms with E-state index in [4.69, 9.17) is 4.74 Å². The van der Waals surface area contributed by atoms with Gasteiger partial charge in [0.2, 0.25) is 0 Å². The van der Waals surface area contributed by atoms with Gasteiger partial charge in [-0.05, 0) is 34.7 Å². The third-order valence-corrected chi connectivity index (χ3v) is 3.91. The second-order valence-corrected chi connectivity index (χ2v) is 6.43. The van der Waals surface area contributed by atoms with Crippen molar-refractivity contribution in [3.63, 3.8) is 0 Å². The Morgan fingerprint density at radius 2 is 1.67 bits per heavy atom. The molecular formula is C19H21NO. The minimum absolute atomic E-state index is 0.183. The van der Waals surface area contributed by atoms with Crippen LogP contribution in [0.15, 0.2) is 48.5 Å². The second-order valence-electron chi connectivity index (χ2n) is 6.43. The second kappa shape index (κ2) is 4.96. The van der Waals surface area contributed by atoms with Gasteiger partial charge in [-0.15, -0.1) is 0 Å². The summed E-state index contributed by atoms with van der Waals surface area (Å²) in [5, 5.41) is 1.12. The molecule has 21 heavy (non-hydrogen) atoms. The molecule has 0 atom stereocenters. The molecule has 0 unspecified atom stereocenters. The molecule has 3 aromatic rings. The minimum atomic E-state index is 0.183. The molecule has 2 heteroatoms. The van der Waals surface area contributed by atoms with Crippen LogP contribution in [0.3, 0.4) is 0 Å². The van der Waals surface area contributed by atoms with Gasteiger partial charge in [0, 0.05) is 16.6 Å². The van der Waals surface area contributed by atoms with E-state index in [1.165, 1.54) is 11.1 Å². The van der Waals surface area contributed by atoms with Crippen LogP contribution < -0.4 is 4.74 Å². The highest BCUT2D eigenvalue weighted by atomic mass is 16.5. The maximum Gasteiger partial charge on any atom is 0.128 e. The fourth-order valence-electron chi connectivity index (χ4n) is 2.61. The van der Waals surface area contributed by atoms with Crippen LogP contribution in [0, 0.1) is 0 Å². The smallest absolute Gasteiger partial charge is 0.128 e.